The Morgan fingerprint density at radius 2 is 1.42 bits per heavy atom. The molecule has 3 heterocycles. The van der Waals surface area contributed by atoms with Crippen molar-refractivity contribution in [1.29, 1.82) is 0 Å². The highest BCUT2D eigenvalue weighted by atomic mass is 16.5. The SMILES string of the molecule is [2H]C([2H])([2H])c1cnc(-c2cc(Oc3cc(-c4cc(C5CCC(C)(C6([2H])CC(C)(C)CC(C)(C)C6)CC5C)c(C)cn4)c4oc5c6ccccc6ccc5c4c3)c(C([2H])([2H])[2H])c(-c3ccccc3)c2)cc1C([2H])([2H])[2H]. The van der Waals surface area contributed by atoms with Gasteiger partial charge in [0.25, 0.3) is 0 Å². The maximum Gasteiger partial charge on any atom is 0.145 e. The van der Waals surface area contributed by atoms with E-state index >= 15 is 0 Å². The monoisotopic (exact) mass is 855 g/mol. The lowest BCUT2D eigenvalue weighted by Gasteiger charge is -2.54. The lowest BCUT2D eigenvalue weighted by Crippen LogP contribution is -2.44. The minimum Gasteiger partial charge on any atom is -0.457 e. The molecule has 0 amide bonds. The van der Waals surface area contributed by atoms with Gasteiger partial charge in [0.2, 0.25) is 0 Å². The van der Waals surface area contributed by atoms with Crippen molar-refractivity contribution in [3.05, 3.63) is 143 Å². The number of furan rings is 1. The Morgan fingerprint density at radius 3 is 2.19 bits per heavy atom. The van der Waals surface area contributed by atoms with Gasteiger partial charge in [0.1, 0.15) is 22.7 Å². The van der Waals surface area contributed by atoms with Crippen LogP contribution in [0.25, 0.3) is 66.4 Å². The lowest BCUT2D eigenvalue weighted by atomic mass is 9.51. The van der Waals surface area contributed by atoms with Crippen molar-refractivity contribution in [2.24, 2.45) is 28.1 Å². The molecule has 8 aromatic rings. The van der Waals surface area contributed by atoms with Crippen LogP contribution in [0.3, 0.4) is 0 Å². The normalized spacial score (nSPS) is 24.5. The first-order valence-corrected chi connectivity index (χ1v) is 22.8. The summed E-state index contributed by atoms with van der Waals surface area (Å²) in [5.74, 6) is 0.279. The van der Waals surface area contributed by atoms with Crippen molar-refractivity contribution < 1.29 is 22.9 Å². The number of nitrogens with zero attached hydrogens (tertiary/aromatic N) is 2. The molecule has 0 saturated heterocycles. The van der Waals surface area contributed by atoms with E-state index in [4.69, 9.17) is 26.5 Å². The van der Waals surface area contributed by atoms with Crippen LogP contribution >= 0.6 is 0 Å². The standard InChI is InChI=1S/C60H64N2O2/c1-36-24-53(61-33-38(36)3)43-25-50(41-16-12-11-13-17-41)40(5)55(26-43)63-45-27-51-48-21-20-42-18-14-15-19-47(42)56(48)64-57(51)52(28-45)54-29-49(39(4)34-62-54)46-22-23-60(10,30-37(46)2)44-31-58(6,7)35-59(8,9)32-44/h11-21,24-29,33-34,37,44,46H,22-23,30-32,35H2,1-10H3/i1D3,3D3,5D3,44D. The molecule has 4 nitrogen and oxygen atoms in total. The van der Waals surface area contributed by atoms with Crippen molar-refractivity contribution in [3.63, 3.8) is 0 Å². The number of ether oxygens (including phenoxy) is 1. The number of rotatable bonds is 7. The fraction of sp³-hybridized carbons (Fsp3) is 0.367. The Hall–Kier alpha value is -5.74. The van der Waals surface area contributed by atoms with Gasteiger partial charge in [-0.05, 0) is 187 Å². The van der Waals surface area contributed by atoms with E-state index in [-0.39, 0.29) is 50.3 Å². The zero-order valence-corrected chi connectivity index (χ0v) is 38.1. The maximum atomic E-state index is 10.2. The van der Waals surface area contributed by atoms with E-state index in [1.165, 1.54) is 17.7 Å². The van der Waals surface area contributed by atoms with E-state index < -0.39 is 26.4 Å². The summed E-state index contributed by atoms with van der Waals surface area (Å²) in [7, 11) is 0. The van der Waals surface area contributed by atoms with Gasteiger partial charge in [0.15, 0.2) is 0 Å². The van der Waals surface area contributed by atoms with Gasteiger partial charge in [-0.25, -0.2) is 0 Å². The minimum atomic E-state index is -2.79. The van der Waals surface area contributed by atoms with Crippen LogP contribution in [-0.4, -0.2) is 9.97 Å². The van der Waals surface area contributed by atoms with Crippen LogP contribution in [0.5, 0.6) is 11.5 Å². The number of fused-ring (bicyclic) bond motifs is 5. The Kier molecular flexibility index (Phi) is 7.88. The average Bonchev–Trinajstić information content (AvgIpc) is 3.68. The number of hydrogen-bond acceptors (Lipinski definition) is 4. The molecule has 0 spiro atoms. The zero-order chi connectivity index (χ0) is 53.1. The summed E-state index contributed by atoms with van der Waals surface area (Å²) in [6.07, 6.45) is 8.74. The van der Waals surface area contributed by atoms with Crippen molar-refractivity contribution in [1.82, 2.24) is 9.97 Å². The molecule has 2 fully saturated rings. The second kappa shape index (κ2) is 15.8. The summed E-state index contributed by atoms with van der Waals surface area (Å²) in [4.78, 5) is 9.57. The molecule has 64 heavy (non-hydrogen) atoms. The molecule has 3 aromatic heterocycles. The molecule has 0 radical (unpaired) electrons. The second-order valence-corrected chi connectivity index (χ2v) is 20.9. The zero-order valence-electron chi connectivity index (χ0n) is 48.1. The molecule has 2 saturated carbocycles. The Bertz CT molecular complexity index is 3460. The van der Waals surface area contributed by atoms with Crippen LogP contribution in [0.2, 0.25) is 0 Å². The first kappa shape index (κ1) is 32.0. The lowest BCUT2D eigenvalue weighted by molar-refractivity contribution is -0.0280. The molecule has 0 aliphatic heterocycles. The highest BCUT2D eigenvalue weighted by Gasteiger charge is 2.48. The summed E-state index contributed by atoms with van der Waals surface area (Å²) in [6, 6.07) is 31.5. The quantitative estimate of drug-likeness (QED) is 0.160. The predicted octanol–water partition coefficient (Wildman–Crippen LogP) is 17.3. The molecule has 3 atom stereocenters. The van der Waals surface area contributed by atoms with Crippen molar-refractivity contribution in [2.45, 2.75) is 113 Å². The van der Waals surface area contributed by atoms with Crippen LogP contribution in [0.4, 0.5) is 0 Å². The minimum absolute atomic E-state index is 0.0180. The van der Waals surface area contributed by atoms with E-state index in [9.17, 15) is 1.37 Å². The number of hydrogen-bond donors (Lipinski definition) is 0. The van der Waals surface area contributed by atoms with Crippen LogP contribution in [0, 0.1) is 55.5 Å². The van der Waals surface area contributed by atoms with Gasteiger partial charge in [-0.15, -0.1) is 0 Å². The molecular formula is C60H64N2O2. The molecule has 0 N–H and O–H groups in total. The Labute approximate surface area is 394 Å². The van der Waals surface area contributed by atoms with E-state index in [1.54, 1.807) is 30.3 Å². The van der Waals surface area contributed by atoms with Gasteiger partial charge < -0.3 is 9.15 Å². The number of aryl methyl sites for hydroxylation is 3. The number of aromatic nitrogens is 2. The van der Waals surface area contributed by atoms with Gasteiger partial charge in [-0.1, -0.05) is 102 Å². The fourth-order valence-electron chi connectivity index (χ4n) is 11.9. The van der Waals surface area contributed by atoms with Gasteiger partial charge in [-0.3, -0.25) is 9.97 Å². The summed E-state index contributed by atoms with van der Waals surface area (Å²) in [6.45, 7) is 7.95. The average molecular weight is 855 g/mol. The fourth-order valence-corrected chi connectivity index (χ4v) is 11.9. The van der Waals surface area contributed by atoms with Gasteiger partial charge in [0.05, 0.1) is 11.4 Å². The van der Waals surface area contributed by atoms with E-state index in [0.717, 1.165) is 71.8 Å². The molecule has 10 rings (SSSR count). The third kappa shape index (κ3) is 7.71. The summed E-state index contributed by atoms with van der Waals surface area (Å²) < 4.78 is 100. The third-order valence-corrected chi connectivity index (χ3v) is 14.5. The molecule has 2 aliphatic rings. The van der Waals surface area contributed by atoms with Crippen LogP contribution in [-0.2, 0) is 0 Å². The molecule has 5 aromatic carbocycles. The highest BCUT2D eigenvalue weighted by molar-refractivity contribution is 6.17. The molecule has 326 valence electrons. The van der Waals surface area contributed by atoms with Crippen LogP contribution in [0.15, 0.2) is 120 Å². The second-order valence-electron chi connectivity index (χ2n) is 20.9. The first-order chi connectivity index (χ1) is 34.5. The third-order valence-electron chi connectivity index (χ3n) is 14.5. The Balaban J connectivity index is 1.14. The highest BCUT2D eigenvalue weighted by Crippen LogP contribution is 2.59. The van der Waals surface area contributed by atoms with Crippen molar-refractivity contribution >= 4 is 32.7 Å². The molecule has 3 unspecified atom stereocenters. The van der Waals surface area contributed by atoms with Gasteiger partial charge >= 0.3 is 0 Å². The van der Waals surface area contributed by atoms with E-state index in [0.29, 0.717) is 50.8 Å². The van der Waals surface area contributed by atoms with E-state index in [2.05, 4.69) is 65.6 Å². The first-order valence-electron chi connectivity index (χ1n) is 27.8. The number of benzene rings is 5. The molecule has 4 heteroatoms. The summed E-state index contributed by atoms with van der Waals surface area (Å²) >= 11 is 0. The van der Waals surface area contributed by atoms with E-state index in [1.807, 2.05) is 54.7 Å². The van der Waals surface area contributed by atoms with Crippen LogP contribution < -0.4 is 4.74 Å². The molecule has 0 bridgehead atoms. The largest absolute Gasteiger partial charge is 0.457 e. The predicted molar refractivity (Wildman–Crippen MR) is 267 cm³/mol. The topological polar surface area (TPSA) is 48.2 Å². The molecule has 2 aliphatic carbocycles. The maximum absolute atomic E-state index is 10.2. The van der Waals surface area contributed by atoms with Crippen LogP contribution in [0.1, 0.15) is 128 Å². The smallest absolute Gasteiger partial charge is 0.145 e. The van der Waals surface area contributed by atoms with Gasteiger partial charge in [0, 0.05) is 53.4 Å². The number of pyridine rings is 2. The molecular weight excluding hydrogens is 781 g/mol. The summed E-state index contributed by atoms with van der Waals surface area (Å²) in [5, 5.41) is 3.51. The van der Waals surface area contributed by atoms with Crippen molar-refractivity contribution in [3.8, 4) is 45.1 Å². The van der Waals surface area contributed by atoms with Crippen molar-refractivity contribution in [2.75, 3.05) is 0 Å². The van der Waals surface area contributed by atoms with Gasteiger partial charge in [-0.2, -0.15) is 0 Å². The summed E-state index contributed by atoms with van der Waals surface area (Å²) in [5.41, 5.74) is 5.44. The Morgan fingerprint density at radius 1 is 0.672 bits per heavy atom.